The lowest BCUT2D eigenvalue weighted by atomic mass is 10.1. The van der Waals surface area contributed by atoms with Crippen molar-refractivity contribution in [3.8, 4) is 21.7 Å². The van der Waals surface area contributed by atoms with E-state index in [0.29, 0.717) is 4.47 Å². The lowest BCUT2D eigenvalue weighted by Gasteiger charge is -2.02. The first-order chi connectivity index (χ1) is 9.24. The normalized spacial score (nSPS) is 10.6. The Hall–Kier alpha value is -0.910. The van der Waals surface area contributed by atoms with Crippen molar-refractivity contribution in [1.29, 1.82) is 0 Å². The summed E-state index contributed by atoms with van der Waals surface area (Å²) in [5, 5.41) is 0. The van der Waals surface area contributed by atoms with Crippen LogP contribution in [0.25, 0.3) is 21.7 Å². The summed E-state index contributed by atoms with van der Waals surface area (Å²) in [6.45, 7) is 0. The third-order valence-corrected chi connectivity index (χ3v) is 4.68. The lowest BCUT2D eigenvalue weighted by molar-refractivity contribution is 1.40. The first-order valence-electron chi connectivity index (χ1n) is 5.72. The molecule has 3 rings (SSSR count). The lowest BCUT2D eigenvalue weighted by Crippen LogP contribution is -1.82. The van der Waals surface area contributed by atoms with Crippen molar-refractivity contribution in [2.45, 2.75) is 0 Å². The maximum Gasteiger partial charge on any atom is 0.184 e. The maximum absolute atomic E-state index is 6.10. The van der Waals surface area contributed by atoms with Crippen molar-refractivity contribution in [3.05, 3.63) is 62.6 Å². The number of hydrogen-bond donors (Lipinski definition) is 0. The predicted molar refractivity (Wildman–Crippen MR) is 90.7 cm³/mol. The zero-order valence-electron chi connectivity index (χ0n) is 9.81. The fraction of sp³-hybridized carbons (Fsp3) is 0. The molecule has 0 radical (unpaired) electrons. The Bertz CT molecular complexity index is 692. The van der Waals surface area contributed by atoms with E-state index in [4.69, 9.17) is 11.6 Å². The van der Waals surface area contributed by atoms with Crippen molar-refractivity contribution in [2.75, 3.05) is 0 Å². The Balaban J connectivity index is 2.15. The molecule has 0 fully saturated rings. The molecule has 0 saturated heterocycles. The highest BCUT2D eigenvalue weighted by atomic mass is 127. The van der Waals surface area contributed by atoms with Crippen molar-refractivity contribution in [3.63, 3.8) is 0 Å². The average Bonchev–Trinajstić information content (AvgIpc) is 2.83. The third-order valence-electron chi connectivity index (χ3n) is 2.75. The van der Waals surface area contributed by atoms with E-state index in [-0.39, 0.29) is 0 Å². The van der Waals surface area contributed by atoms with E-state index >= 15 is 0 Å². The largest absolute Gasteiger partial charge is 0.224 e. The number of rotatable bonds is 2. The number of aromatic nitrogens is 1. The summed E-state index contributed by atoms with van der Waals surface area (Å²) >= 11 is 9.92. The van der Waals surface area contributed by atoms with Gasteiger partial charge in [0.25, 0.3) is 0 Å². The first kappa shape index (κ1) is 13.1. The van der Waals surface area contributed by atoms with E-state index in [1.807, 2.05) is 18.2 Å². The van der Waals surface area contributed by atoms with Crippen LogP contribution in [-0.4, -0.2) is 4.98 Å². The summed E-state index contributed by atoms with van der Waals surface area (Å²) in [6.07, 6.45) is 0. The van der Waals surface area contributed by atoms with Crippen LogP contribution in [0.1, 0.15) is 0 Å². The van der Waals surface area contributed by atoms with Gasteiger partial charge in [-0.3, -0.25) is 0 Å². The molecule has 0 bridgehead atoms. The van der Waals surface area contributed by atoms with Crippen molar-refractivity contribution in [2.24, 2.45) is 0 Å². The van der Waals surface area contributed by atoms with Crippen molar-refractivity contribution in [1.82, 2.24) is 4.98 Å². The van der Waals surface area contributed by atoms with Gasteiger partial charge in [-0.15, -0.1) is 11.3 Å². The Labute approximate surface area is 134 Å². The van der Waals surface area contributed by atoms with Crippen LogP contribution in [0.2, 0.25) is 4.47 Å². The second kappa shape index (κ2) is 5.61. The van der Waals surface area contributed by atoms with Gasteiger partial charge < -0.3 is 0 Å². The van der Waals surface area contributed by atoms with Gasteiger partial charge in [0.2, 0.25) is 0 Å². The van der Waals surface area contributed by atoms with E-state index in [0.717, 1.165) is 21.7 Å². The highest BCUT2D eigenvalue weighted by molar-refractivity contribution is 14.1. The van der Waals surface area contributed by atoms with Gasteiger partial charge in [0.05, 0.1) is 10.6 Å². The van der Waals surface area contributed by atoms with Gasteiger partial charge in [-0.05, 0) is 40.3 Å². The summed E-state index contributed by atoms with van der Waals surface area (Å²) < 4.78 is 1.79. The quantitative estimate of drug-likeness (QED) is 0.503. The molecule has 19 heavy (non-hydrogen) atoms. The molecule has 4 heteroatoms. The summed E-state index contributed by atoms with van der Waals surface area (Å²) in [6, 6.07) is 18.6. The van der Waals surface area contributed by atoms with E-state index in [1.54, 1.807) is 0 Å². The molecule has 0 unspecified atom stereocenters. The zero-order valence-corrected chi connectivity index (χ0v) is 13.5. The van der Waals surface area contributed by atoms with Crippen LogP contribution in [0.5, 0.6) is 0 Å². The molecular weight excluding hydrogens is 389 g/mol. The average molecular weight is 398 g/mol. The van der Waals surface area contributed by atoms with Gasteiger partial charge in [-0.1, -0.05) is 54.1 Å². The van der Waals surface area contributed by atoms with E-state index in [2.05, 4.69) is 64.0 Å². The van der Waals surface area contributed by atoms with Crippen LogP contribution in [0.4, 0.5) is 0 Å². The summed E-state index contributed by atoms with van der Waals surface area (Å²) in [4.78, 5) is 5.59. The Kier molecular flexibility index (Phi) is 3.86. The van der Waals surface area contributed by atoms with Gasteiger partial charge in [-0.2, -0.15) is 0 Å². The number of halogens is 2. The number of nitrogens with zero attached hydrogens (tertiary/aromatic N) is 1. The number of thiazole rings is 1. The fourth-order valence-corrected chi connectivity index (χ4v) is 3.38. The number of benzene rings is 2. The van der Waals surface area contributed by atoms with Gasteiger partial charge in [0.15, 0.2) is 4.47 Å². The highest BCUT2D eigenvalue weighted by Crippen LogP contribution is 2.38. The van der Waals surface area contributed by atoms with Crippen LogP contribution >= 0.6 is 45.5 Å². The third kappa shape index (κ3) is 2.83. The molecule has 0 aliphatic carbocycles. The van der Waals surface area contributed by atoms with Crippen LogP contribution in [0, 0.1) is 3.57 Å². The van der Waals surface area contributed by atoms with Crippen LogP contribution in [-0.2, 0) is 0 Å². The SMILES string of the molecule is Clc1nc(-c2ccc(I)cc2)c(-c2ccccc2)s1. The topological polar surface area (TPSA) is 12.9 Å². The summed E-state index contributed by atoms with van der Waals surface area (Å²) in [7, 11) is 0. The Morgan fingerprint density at radius 2 is 1.58 bits per heavy atom. The molecule has 0 N–H and O–H groups in total. The van der Waals surface area contributed by atoms with Crippen molar-refractivity contribution < 1.29 is 0 Å². The first-order valence-corrected chi connectivity index (χ1v) is 7.99. The second-order valence-electron chi connectivity index (χ2n) is 4.02. The minimum atomic E-state index is 0.576. The molecule has 0 saturated carbocycles. The fourth-order valence-electron chi connectivity index (χ4n) is 1.88. The summed E-state index contributed by atoms with van der Waals surface area (Å²) in [5.41, 5.74) is 3.21. The molecule has 0 spiro atoms. The molecule has 1 aromatic heterocycles. The number of hydrogen-bond acceptors (Lipinski definition) is 2. The maximum atomic E-state index is 6.10. The van der Waals surface area contributed by atoms with Crippen LogP contribution in [0.15, 0.2) is 54.6 Å². The van der Waals surface area contributed by atoms with Crippen molar-refractivity contribution >= 4 is 45.5 Å². The molecule has 1 nitrogen and oxygen atoms in total. The Morgan fingerprint density at radius 3 is 2.26 bits per heavy atom. The molecule has 0 atom stereocenters. The molecule has 3 aromatic rings. The van der Waals surface area contributed by atoms with Gasteiger partial charge in [-0.25, -0.2) is 4.98 Å². The van der Waals surface area contributed by atoms with Gasteiger partial charge >= 0.3 is 0 Å². The minimum absolute atomic E-state index is 0.576. The molecule has 2 aromatic carbocycles. The minimum Gasteiger partial charge on any atom is -0.224 e. The van der Waals surface area contributed by atoms with Crippen LogP contribution < -0.4 is 0 Å². The molecule has 0 aliphatic rings. The Morgan fingerprint density at radius 1 is 0.895 bits per heavy atom. The molecule has 0 amide bonds. The monoisotopic (exact) mass is 397 g/mol. The standard InChI is InChI=1S/C15H9ClINS/c16-15-18-13(10-6-8-12(17)9-7-10)14(19-15)11-4-2-1-3-5-11/h1-9H. The van der Waals surface area contributed by atoms with E-state index in [9.17, 15) is 0 Å². The molecule has 1 heterocycles. The van der Waals surface area contributed by atoms with Gasteiger partial charge in [0.1, 0.15) is 0 Å². The highest BCUT2D eigenvalue weighted by Gasteiger charge is 2.13. The van der Waals surface area contributed by atoms with E-state index < -0.39 is 0 Å². The van der Waals surface area contributed by atoms with E-state index in [1.165, 1.54) is 14.9 Å². The molecule has 0 aliphatic heterocycles. The smallest absolute Gasteiger partial charge is 0.184 e. The molecular formula is C15H9ClINS. The summed E-state index contributed by atoms with van der Waals surface area (Å²) in [5.74, 6) is 0. The zero-order chi connectivity index (χ0) is 13.2. The predicted octanol–water partition coefficient (Wildman–Crippen LogP) is 5.74. The molecule has 94 valence electrons. The second-order valence-corrected chi connectivity index (χ2v) is 6.84. The van der Waals surface area contributed by atoms with Gasteiger partial charge in [0, 0.05) is 9.13 Å². The van der Waals surface area contributed by atoms with Crippen LogP contribution in [0.3, 0.4) is 0 Å².